The molecule has 0 aliphatic carbocycles. The lowest BCUT2D eigenvalue weighted by molar-refractivity contribution is 1.58. The van der Waals surface area contributed by atoms with Crippen molar-refractivity contribution in [3.8, 4) is 66.8 Å². The van der Waals surface area contributed by atoms with Gasteiger partial charge >= 0.3 is 0 Å². The zero-order valence-corrected chi connectivity index (χ0v) is 36.3. The Hall–Kier alpha value is -8.10. The highest BCUT2D eigenvalue weighted by Crippen LogP contribution is 2.48. The largest absolute Gasteiger partial charge is 0.135 e. The Morgan fingerprint density at radius 3 is 0.954 bits per heavy atom. The van der Waals surface area contributed by atoms with E-state index < -0.39 is 0 Å². The van der Waals surface area contributed by atoms with Crippen LogP contribution in [0.3, 0.4) is 0 Å². The molecule has 1 heteroatoms. The van der Waals surface area contributed by atoms with Gasteiger partial charge in [-0.2, -0.15) is 0 Å². The van der Waals surface area contributed by atoms with Gasteiger partial charge < -0.3 is 0 Å². The predicted molar refractivity (Wildman–Crippen MR) is 282 cm³/mol. The molecule has 0 N–H and O–H groups in total. The number of hydrogen-bond donors (Lipinski definition) is 0. The number of thiophene rings is 1. The standard InChI is InChI=1S/C64H40S/c1-4-18-41(19-5-1)46-36-47(42-20-6-2-7-21-42)38-48(37-46)64-56-30-16-14-28-54(56)62(55-29-15-17-31-57(55)64)44-33-35-59-58(39-44)49-34-32-45(40-60(49)65-59)63-52-26-12-10-24-50(52)61(43-22-8-3-9-23-43)51-25-11-13-27-53(51)63/h1-40H. The predicted octanol–water partition coefficient (Wildman–Crippen LogP) is 18.7. The monoisotopic (exact) mass is 840 g/mol. The summed E-state index contributed by atoms with van der Waals surface area (Å²) in [5.41, 5.74) is 14.9. The zero-order valence-electron chi connectivity index (χ0n) is 35.5. The summed E-state index contributed by atoms with van der Waals surface area (Å²) in [6, 6.07) is 89.7. The molecule has 0 saturated carbocycles. The second-order valence-corrected chi connectivity index (χ2v) is 18.2. The molecule has 0 nitrogen and oxygen atoms in total. The highest BCUT2D eigenvalue weighted by atomic mass is 32.1. The van der Waals surface area contributed by atoms with Crippen LogP contribution in [0.4, 0.5) is 0 Å². The first kappa shape index (κ1) is 37.5. The van der Waals surface area contributed by atoms with Crippen molar-refractivity contribution in [1.29, 1.82) is 0 Å². The summed E-state index contributed by atoms with van der Waals surface area (Å²) in [7, 11) is 0. The normalized spacial score (nSPS) is 11.7. The van der Waals surface area contributed by atoms with E-state index in [0.29, 0.717) is 0 Å². The summed E-state index contributed by atoms with van der Waals surface area (Å²) in [5.74, 6) is 0. The van der Waals surface area contributed by atoms with Crippen molar-refractivity contribution < 1.29 is 0 Å². The maximum absolute atomic E-state index is 2.45. The third-order valence-electron chi connectivity index (χ3n) is 13.4. The second kappa shape index (κ2) is 15.3. The first-order valence-corrected chi connectivity index (χ1v) is 23.2. The van der Waals surface area contributed by atoms with E-state index in [-0.39, 0.29) is 0 Å². The van der Waals surface area contributed by atoms with Crippen LogP contribution < -0.4 is 0 Å². The molecule has 1 heterocycles. The van der Waals surface area contributed by atoms with E-state index in [2.05, 4.69) is 243 Å². The van der Waals surface area contributed by atoms with Crippen LogP contribution in [-0.2, 0) is 0 Å². The molecule has 13 rings (SSSR count). The summed E-state index contributed by atoms with van der Waals surface area (Å²) in [4.78, 5) is 0. The number of hydrogen-bond acceptors (Lipinski definition) is 1. The van der Waals surface area contributed by atoms with Gasteiger partial charge in [-0.05, 0) is 146 Å². The molecule has 302 valence electrons. The van der Waals surface area contributed by atoms with E-state index in [0.717, 1.165) is 0 Å². The molecule has 0 saturated heterocycles. The van der Waals surface area contributed by atoms with Crippen molar-refractivity contribution in [1.82, 2.24) is 0 Å². The van der Waals surface area contributed by atoms with Gasteiger partial charge in [0.2, 0.25) is 0 Å². The Bertz CT molecular complexity index is 3800. The molecule has 1 aromatic heterocycles. The van der Waals surface area contributed by atoms with Gasteiger partial charge in [0, 0.05) is 20.2 Å². The molecule has 65 heavy (non-hydrogen) atoms. The van der Waals surface area contributed by atoms with Crippen molar-refractivity contribution in [3.63, 3.8) is 0 Å². The van der Waals surface area contributed by atoms with Gasteiger partial charge in [-0.3, -0.25) is 0 Å². The quantitative estimate of drug-likeness (QED) is 0.146. The van der Waals surface area contributed by atoms with Crippen molar-refractivity contribution in [2.24, 2.45) is 0 Å². The molecule has 0 bridgehead atoms. The average molecular weight is 841 g/mol. The van der Waals surface area contributed by atoms with Crippen molar-refractivity contribution in [2.45, 2.75) is 0 Å². The molecule has 12 aromatic carbocycles. The van der Waals surface area contributed by atoms with Crippen LogP contribution in [0, 0.1) is 0 Å². The van der Waals surface area contributed by atoms with Gasteiger partial charge in [-0.1, -0.05) is 206 Å². The molecule has 0 aliphatic heterocycles. The molecule has 0 radical (unpaired) electrons. The van der Waals surface area contributed by atoms with E-state index in [1.807, 2.05) is 11.3 Å². The summed E-state index contributed by atoms with van der Waals surface area (Å²) in [6.07, 6.45) is 0. The Morgan fingerprint density at radius 1 is 0.169 bits per heavy atom. The SMILES string of the molecule is c1ccc(-c2cc(-c3ccccc3)cc(-c3c4ccccc4c(-c4ccc5sc6cc(-c7c8ccccc8c(-c8ccccc8)c8ccccc78)ccc6c5c4)c4ccccc34)c2)cc1. The van der Waals surface area contributed by atoms with Crippen LogP contribution in [0.25, 0.3) is 130 Å². The number of benzene rings is 12. The molecule has 0 spiro atoms. The minimum absolute atomic E-state index is 1.21. The molecule has 13 aromatic rings. The van der Waals surface area contributed by atoms with E-state index in [1.165, 1.54) is 130 Å². The van der Waals surface area contributed by atoms with E-state index >= 15 is 0 Å². The molecular formula is C64H40S. The fraction of sp³-hybridized carbons (Fsp3) is 0. The van der Waals surface area contributed by atoms with Crippen LogP contribution in [0.15, 0.2) is 243 Å². The number of fused-ring (bicyclic) bond motifs is 7. The lowest BCUT2D eigenvalue weighted by atomic mass is 9.84. The van der Waals surface area contributed by atoms with E-state index in [1.54, 1.807) is 0 Å². The fourth-order valence-corrected chi connectivity index (χ4v) is 11.7. The molecule has 0 aliphatic rings. The summed E-state index contributed by atoms with van der Waals surface area (Å²) in [5, 5.41) is 12.7. The lowest BCUT2D eigenvalue weighted by Gasteiger charge is -2.19. The Morgan fingerprint density at radius 2 is 0.508 bits per heavy atom. The summed E-state index contributed by atoms with van der Waals surface area (Å²) >= 11 is 1.89. The van der Waals surface area contributed by atoms with E-state index in [9.17, 15) is 0 Å². The maximum atomic E-state index is 2.45. The third-order valence-corrected chi connectivity index (χ3v) is 14.5. The molecule has 0 atom stereocenters. The Balaban J connectivity index is 0.996. The smallest absolute Gasteiger partial charge is 0.0361 e. The van der Waals surface area contributed by atoms with Crippen molar-refractivity contribution in [2.75, 3.05) is 0 Å². The van der Waals surface area contributed by atoms with Crippen LogP contribution >= 0.6 is 11.3 Å². The van der Waals surface area contributed by atoms with Gasteiger partial charge in [-0.15, -0.1) is 11.3 Å². The van der Waals surface area contributed by atoms with Crippen LogP contribution in [0.5, 0.6) is 0 Å². The van der Waals surface area contributed by atoms with Crippen LogP contribution in [0.2, 0.25) is 0 Å². The van der Waals surface area contributed by atoms with Crippen molar-refractivity contribution >= 4 is 74.6 Å². The molecule has 0 amide bonds. The Labute approximate surface area is 382 Å². The summed E-state index contributed by atoms with van der Waals surface area (Å²) < 4.78 is 2.60. The Kier molecular flexibility index (Phi) is 8.82. The summed E-state index contributed by atoms with van der Waals surface area (Å²) in [6.45, 7) is 0. The molecular weight excluding hydrogens is 801 g/mol. The van der Waals surface area contributed by atoms with Gasteiger partial charge in [0.1, 0.15) is 0 Å². The minimum Gasteiger partial charge on any atom is -0.135 e. The van der Waals surface area contributed by atoms with Crippen molar-refractivity contribution in [3.05, 3.63) is 243 Å². The van der Waals surface area contributed by atoms with Gasteiger partial charge in [0.25, 0.3) is 0 Å². The van der Waals surface area contributed by atoms with E-state index in [4.69, 9.17) is 0 Å². The average Bonchev–Trinajstić information content (AvgIpc) is 3.75. The minimum atomic E-state index is 1.21. The molecule has 0 unspecified atom stereocenters. The van der Waals surface area contributed by atoms with Crippen LogP contribution in [-0.4, -0.2) is 0 Å². The lowest BCUT2D eigenvalue weighted by Crippen LogP contribution is -1.92. The maximum Gasteiger partial charge on any atom is 0.0361 e. The first-order chi connectivity index (χ1) is 32.2. The molecule has 0 fully saturated rings. The van der Waals surface area contributed by atoms with Gasteiger partial charge in [0.05, 0.1) is 0 Å². The zero-order chi connectivity index (χ0) is 42.8. The highest BCUT2D eigenvalue weighted by molar-refractivity contribution is 7.25. The topological polar surface area (TPSA) is 0 Å². The number of rotatable bonds is 6. The highest BCUT2D eigenvalue weighted by Gasteiger charge is 2.21. The van der Waals surface area contributed by atoms with Gasteiger partial charge in [-0.25, -0.2) is 0 Å². The first-order valence-electron chi connectivity index (χ1n) is 22.4. The third kappa shape index (κ3) is 6.20. The van der Waals surface area contributed by atoms with Gasteiger partial charge in [0.15, 0.2) is 0 Å². The van der Waals surface area contributed by atoms with Crippen LogP contribution in [0.1, 0.15) is 0 Å². The fourth-order valence-electron chi connectivity index (χ4n) is 10.6. The second-order valence-electron chi connectivity index (χ2n) is 17.1.